The first-order chi connectivity index (χ1) is 4.66. The second-order valence-electron chi connectivity index (χ2n) is 3.37. The zero-order valence-corrected chi connectivity index (χ0v) is 6.76. The maximum absolute atomic E-state index is 5.16. The third kappa shape index (κ3) is 1.68. The van der Waals surface area contributed by atoms with Gasteiger partial charge >= 0.3 is 0 Å². The number of rotatable bonds is 1. The molecule has 0 amide bonds. The molecule has 10 heavy (non-hydrogen) atoms. The normalized spacial score (nSPS) is 26.7. The molecule has 0 aromatic heterocycles. The Morgan fingerprint density at radius 2 is 1.90 bits per heavy atom. The lowest BCUT2D eigenvalue weighted by Gasteiger charge is -2.35. The second-order valence-corrected chi connectivity index (χ2v) is 3.37. The molecule has 0 radical (unpaired) electrons. The first kappa shape index (κ1) is 7.98. The van der Waals surface area contributed by atoms with E-state index in [4.69, 9.17) is 10.7 Å². The predicted molar refractivity (Wildman–Crippen MR) is 40.4 cm³/mol. The van der Waals surface area contributed by atoms with Gasteiger partial charge in [0.15, 0.2) is 0 Å². The molecule has 0 atom stereocenters. The summed E-state index contributed by atoms with van der Waals surface area (Å²) in [5.41, 5.74) is -0.0630. The predicted octanol–water partition coefficient (Wildman–Crippen LogP) is 0.361. The number of nitrogens with zero attached hydrogens (tertiary/aromatic N) is 1. The molecular formula is C7H16N2O. The van der Waals surface area contributed by atoms with E-state index in [0.717, 1.165) is 25.9 Å². The van der Waals surface area contributed by atoms with Crippen molar-refractivity contribution in [2.75, 3.05) is 20.1 Å². The minimum Gasteiger partial charge on any atom is -0.306 e. The Kier molecular flexibility index (Phi) is 2.28. The van der Waals surface area contributed by atoms with Crippen molar-refractivity contribution in [2.24, 2.45) is 5.90 Å². The van der Waals surface area contributed by atoms with E-state index in [1.54, 1.807) is 0 Å². The summed E-state index contributed by atoms with van der Waals surface area (Å²) in [4.78, 5) is 7.19. The Hall–Kier alpha value is -0.120. The molecule has 2 N–H and O–H groups in total. The fourth-order valence-electron chi connectivity index (χ4n) is 1.21. The first-order valence-electron chi connectivity index (χ1n) is 3.73. The van der Waals surface area contributed by atoms with E-state index in [-0.39, 0.29) is 5.60 Å². The summed E-state index contributed by atoms with van der Waals surface area (Å²) in [5.74, 6) is 5.16. The van der Waals surface area contributed by atoms with E-state index in [1.165, 1.54) is 0 Å². The summed E-state index contributed by atoms with van der Waals surface area (Å²) in [6.07, 6.45) is 2.08. The highest BCUT2D eigenvalue weighted by atomic mass is 16.6. The van der Waals surface area contributed by atoms with Gasteiger partial charge in [0.2, 0.25) is 0 Å². The highest BCUT2D eigenvalue weighted by Crippen LogP contribution is 2.22. The van der Waals surface area contributed by atoms with Crippen LogP contribution >= 0.6 is 0 Å². The monoisotopic (exact) mass is 144 g/mol. The molecule has 0 aromatic carbocycles. The molecule has 0 spiro atoms. The van der Waals surface area contributed by atoms with Gasteiger partial charge in [-0.25, -0.2) is 5.90 Å². The van der Waals surface area contributed by atoms with Crippen LogP contribution in [0.5, 0.6) is 0 Å². The van der Waals surface area contributed by atoms with Gasteiger partial charge in [0.25, 0.3) is 0 Å². The fraction of sp³-hybridized carbons (Fsp3) is 1.00. The first-order valence-corrected chi connectivity index (χ1v) is 3.73. The van der Waals surface area contributed by atoms with Crippen LogP contribution < -0.4 is 5.90 Å². The second kappa shape index (κ2) is 2.86. The average Bonchev–Trinajstić information content (AvgIpc) is 1.96. The third-order valence-electron chi connectivity index (χ3n) is 2.33. The molecule has 0 unspecified atom stereocenters. The number of hydrogen-bond acceptors (Lipinski definition) is 3. The Balaban J connectivity index is 2.38. The van der Waals surface area contributed by atoms with Gasteiger partial charge < -0.3 is 4.90 Å². The van der Waals surface area contributed by atoms with Crippen LogP contribution in [0, 0.1) is 0 Å². The Bertz CT molecular complexity index is 108. The Morgan fingerprint density at radius 3 is 2.30 bits per heavy atom. The van der Waals surface area contributed by atoms with E-state index in [1.807, 2.05) is 0 Å². The molecule has 3 nitrogen and oxygen atoms in total. The van der Waals surface area contributed by atoms with Crippen LogP contribution in [0.3, 0.4) is 0 Å². The van der Waals surface area contributed by atoms with Gasteiger partial charge in [-0.3, -0.25) is 4.84 Å². The summed E-state index contributed by atoms with van der Waals surface area (Å²) in [5, 5.41) is 0. The van der Waals surface area contributed by atoms with E-state index < -0.39 is 0 Å². The summed E-state index contributed by atoms with van der Waals surface area (Å²) < 4.78 is 0. The molecule has 0 saturated carbocycles. The van der Waals surface area contributed by atoms with Crippen LogP contribution in [0.2, 0.25) is 0 Å². The van der Waals surface area contributed by atoms with Crippen LogP contribution in [0.15, 0.2) is 0 Å². The molecule has 1 saturated heterocycles. The molecular weight excluding hydrogens is 128 g/mol. The van der Waals surface area contributed by atoms with Gasteiger partial charge in [-0.2, -0.15) is 0 Å². The lowest BCUT2D eigenvalue weighted by atomic mass is 9.94. The van der Waals surface area contributed by atoms with E-state index in [9.17, 15) is 0 Å². The molecule has 1 fully saturated rings. The maximum Gasteiger partial charge on any atom is 0.0890 e. The molecule has 0 aromatic rings. The lowest BCUT2D eigenvalue weighted by Crippen LogP contribution is -2.43. The van der Waals surface area contributed by atoms with E-state index >= 15 is 0 Å². The smallest absolute Gasteiger partial charge is 0.0890 e. The number of hydrogen-bond donors (Lipinski definition) is 1. The zero-order chi connectivity index (χ0) is 7.61. The van der Waals surface area contributed by atoms with Crippen molar-refractivity contribution in [1.29, 1.82) is 0 Å². The van der Waals surface area contributed by atoms with Gasteiger partial charge in [-0.15, -0.1) is 0 Å². The molecule has 0 bridgehead atoms. The van der Waals surface area contributed by atoms with Crippen LogP contribution in [0.25, 0.3) is 0 Å². The quantitative estimate of drug-likeness (QED) is 0.540. The maximum atomic E-state index is 5.16. The summed E-state index contributed by atoms with van der Waals surface area (Å²) in [6.45, 7) is 4.25. The number of piperidine rings is 1. The highest BCUT2D eigenvalue weighted by Gasteiger charge is 2.28. The number of likely N-dealkylation sites (tertiary alicyclic amines) is 1. The largest absolute Gasteiger partial charge is 0.306 e. The fourth-order valence-corrected chi connectivity index (χ4v) is 1.21. The van der Waals surface area contributed by atoms with Crippen molar-refractivity contribution in [1.82, 2.24) is 4.90 Å². The van der Waals surface area contributed by atoms with Crippen molar-refractivity contribution < 1.29 is 4.84 Å². The van der Waals surface area contributed by atoms with Gasteiger partial charge in [-0.1, -0.05) is 0 Å². The number of nitrogens with two attached hydrogens (primary N) is 1. The van der Waals surface area contributed by atoms with Crippen LogP contribution in [-0.2, 0) is 4.84 Å². The van der Waals surface area contributed by atoms with Gasteiger partial charge in [0, 0.05) is 13.1 Å². The van der Waals surface area contributed by atoms with Gasteiger partial charge in [-0.05, 0) is 26.8 Å². The van der Waals surface area contributed by atoms with Crippen molar-refractivity contribution in [2.45, 2.75) is 25.4 Å². The van der Waals surface area contributed by atoms with Gasteiger partial charge in [0.05, 0.1) is 5.60 Å². The van der Waals surface area contributed by atoms with Crippen molar-refractivity contribution in [3.05, 3.63) is 0 Å². The SMILES string of the molecule is CN1CCC(C)(ON)CC1. The highest BCUT2D eigenvalue weighted by molar-refractivity contribution is 4.81. The van der Waals surface area contributed by atoms with Crippen LogP contribution in [0.1, 0.15) is 19.8 Å². The van der Waals surface area contributed by atoms with E-state index in [2.05, 4.69) is 18.9 Å². The third-order valence-corrected chi connectivity index (χ3v) is 2.33. The zero-order valence-electron chi connectivity index (χ0n) is 6.76. The summed E-state index contributed by atoms with van der Waals surface area (Å²) >= 11 is 0. The van der Waals surface area contributed by atoms with E-state index in [0.29, 0.717) is 0 Å². The molecule has 60 valence electrons. The molecule has 1 aliphatic rings. The van der Waals surface area contributed by atoms with Crippen LogP contribution in [0.4, 0.5) is 0 Å². The van der Waals surface area contributed by atoms with Crippen LogP contribution in [-0.4, -0.2) is 30.6 Å². The minimum atomic E-state index is -0.0630. The Labute approximate surface area is 62.1 Å². The van der Waals surface area contributed by atoms with Crippen molar-refractivity contribution in [3.8, 4) is 0 Å². The standard InChI is InChI=1S/C7H16N2O/c1-7(10-8)3-5-9(2)6-4-7/h3-6,8H2,1-2H3. The summed E-state index contributed by atoms with van der Waals surface area (Å²) in [6, 6.07) is 0. The summed E-state index contributed by atoms with van der Waals surface area (Å²) in [7, 11) is 2.12. The molecule has 1 heterocycles. The molecule has 1 rings (SSSR count). The Morgan fingerprint density at radius 1 is 1.40 bits per heavy atom. The van der Waals surface area contributed by atoms with Gasteiger partial charge in [0.1, 0.15) is 0 Å². The topological polar surface area (TPSA) is 38.5 Å². The lowest BCUT2D eigenvalue weighted by molar-refractivity contribution is -0.0701. The average molecular weight is 144 g/mol. The molecule has 1 aliphatic heterocycles. The van der Waals surface area contributed by atoms with Crippen molar-refractivity contribution in [3.63, 3.8) is 0 Å². The minimum absolute atomic E-state index is 0.0630. The van der Waals surface area contributed by atoms with Crippen molar-refractivity contribution >= 4 is 0 Å². The molecule has 3 heteroatoms. The molecule has 0 aliphatic carbocycles.